The van der Waals surface area contributed by atoms with E-state index in [-0.39, 0.29) is 0 Å². The number of morpholine rings is 1. The summed E-state index contributed by atoms with van der Waals surface area (Å²) in [5.41, 5.74) is 0.867. The molecule has 5 heteroatoms. The highest BCUT2D eigenvalue weighted by atomic mass is 16.5. The maximum atomic E-state index is 5.89. The molecule has 0 unspecified atom stereocenters. The molecule has 0 bridgehead atoms. The van der Waals surface area contributed by atoms with E-state index in [4.69, 9.17) is 14.2 Å². The van der Waals surface area contributed by atoms with E-state index in [0.29, 0.717) is 6.61 Å². The Hall–Kier alpha value is -1.85. The summed E-state index contributed by atoms with van der Waals surface area (Å²) in [6, 6.07) is 8.78. The van der Waals surface area contributed by atoms with Crippen molar-refractivity contribution >= 4 is 10.9 Å². The average molecular weight is 301 g/mol. The van der Waals surface area contributed by atoms with E-state index in [1.54, 1.807) is 19.4 Å². The Morgan fingerprint density at radius 3 is 2.95 bits per heavy atom. The first kappa shape index (κ1) is 15.1. The molecule has 0 saturated carbocycles. The van der Waals surface area contributed by atoms with Gasteiger partial charge in [-0.1, -0.05) is 0 Å². The van der Waals surface area contributed by atoms with Crippen LogP contribution in [0, 0.1) is 6.07 Å². The van der Waals surface area contributed by atoms with Crippen LogP contribution < -0.4 is 9.47 Å². The van der Waals surface area contributed by atoms with Gasteiger partial charge in [-0.2, -0.15) is 0 Å². The molecule has 1 aliphatic heterocycles. The smallest absolute Gasteiger partial charge is 0.163 e. The van der Waals surface area contributed by atoms with Crippen LogP contribution >= 0.6 is 0 Å². The first-order chi connectivity index (χ1) is 10.9. The predicted molar refractivity (Wildman–Crippen MR) is 84.5 cm³/mol. The fourth-order valence-electron chi connectivity index (χ4n) is 2.58. The van der Waals surface area contributed by atoms with Crippen molar-refractivity contribution in [2.75, 3.05) is 46.6 Å². The van der Waals surface area contributed by atoms with Crippen molar-refractivity contribution < 1.29 is 14.2 Å². The number of hydrogen-bond acceptors (Lipinski definition) is 5. The Balaban J connectivity index is 1.58. The lowest BCUT2D eigenvalue weighted by Gasteiger charge is -2.26. The number of hydrogen-bond donors (Lipinski definition) is 0. The molecule has 0 N–H and O–H groups in total. The molecule has 1 aliphatic rings. The van der Waals surface area contributed by atoms with Gasteiger partial charge in [-0.05, 0) is 24.6 Å². The number of rotatable bonds is 6. The minimum Gasteiger partial charge on any atom is -0.493 e. The maximum Gasteiger partial charge on any atom is 0.163 e. The summed E-state index contributed by atoms with van der Waals surface area (Å²) in [6.45, 7) is 5.39. The summed E-state index contributed by atoms with van der Waals surface area (Å²) in [6.07, 6.45) is 2.71. The van der Waals surface area contributed by atoms with Crippen LogP contribution in [0.2, 0.25) is 0 Å². The second-order valence-electron chi connectivity index (χ2n) is 5.27. The largest absolute Gasteiger partial charge is 0.493 e. The van der Waals surface area contributed by atoms with Gasteiger partial charge in [-0.25, -0.2) is 0 Å². The van der Waals surface area contributed by atoms with Gasteiger partial charge >= 0.3 is 0 Å². The molecular weight excluding hydrogens is 280 g/mol. The van der Waals surface area contributed by atoms with E-state index in [0.717, 1.165) is 61.7 Å². The van der Waals surface area contributed by atoms with Gasteiger partial charge in [0.25, 0.3) is 0 Å². The molecule has 117 valence electrons. The topological polar surface area (TPSA) is 43.8 Å². The Kier molecular flexibility index (Phi) is 5.08. The molecule has 0 spiro atoms. The van der Waals surface area contributed by atoms with Gasteiger partial charge in [0.05, 0.1) is 32.4 Å². The van der Waals surface area contributed by atoms with Gasteiger partial charge < -0.3 is 14.2 Å². The molecule has 1 radical (unpaired) electrons. The molecular formula is C17H21N2O3. The van der Waals surface area contributed by atoms with Crippen molar-refractivity contribution in [2.45, 2.75) is 6.42 Å². The molecule has 2 aromatic rings. The van der Waals surface area contributed by atoms with Crippen molar-refractivity contribution in [3.8, 4) is 11.5 Å². The monoisotopic (exact) mass is 301 g/mol. The standard InChI is InChI=1S/C17H21N2O3/c1-20-16-12-14-4-2-5-18-15(14)13-17(16)22-9-3-6-19-7-10-21-11-8-19/h2,5,12-13H,3,6-11H2,1H3. The van der Waals surface area contributed by atoms with Gasteiger partial charge in [0, 0.05) is 37.3 Å². The second kappa shape index (κ2) is 7.42. The summed E-state index contributed by atoms with van der Waals surface area (Å²) >= 11 is 0. The van der Waals surface area contributed by atoms with E-state index >= 15 is 0 Å². The van der Waals surface area contributed by atoms with Crippen LogP contribution in [-0.2, 0) is 4.74 Å². The quantitative estimate of drug-likeness (QED) is 0.765. The van der Waals surface area contributed by atoms with E-state index in [1.165, 1.54) is 0 Å². The zero-order valence-electron chi connectivity index (χ0n) is 12.9. The number of fused-ring (bicyclic) bond motifs is 1. The van der Waals surface area contributed by atoms with Crippen molar-refractivity contribution in [3.63, 3.8) is 0 Å². The minimum absolute atomic E-state index is 0.662. The lowest BCUT2D eigenvalue weighted by atomic mass is 10.2. The first-order valence-electron chi connectivity index (χ1n) is 7.64. The zero-order chi connectivity index (χ0) is 15.2. The molecule has 1 fully saturated rings. The molecule has 0 aliphatic carbocycles. The first-order valence-corrected chi connectivity index (χ1v) is 7.64. The molecule has 0 atom stereocenters. The van der Waals surface area contributed by atoms with Gasteiger partial charge in [0.15, 0.2) is 11.5 Å². The third-order valence-corrected chi connectivity index (χ3v) is 3.79. The normalized spacial score (nSPS) is 15.9. The average Bonchev–Trinajstić information content (AvgIpc) is 2.59. The zero-order valence-corrected chi connectivity index (χ0v) is 12.9. The minimum atomic E-state index is 0.662. The van der Waals surface area contributed by atoms with Gasteiger partial charge in [-0.3, -0.25) is 9.88 Å². The number of aromatic nitrogens is 1. The maximum absolute atomic E-state index is 5.89. The number of benzene rings is 1. The Labute approximate surface area is 130 Å². The summed E-state index contributed by atoms with van der Waals surface area (Å²) in [5, 5.41) is 0.931. The number of ether oxygens (including phenoxy) is 3. The SMILES string of the molecule is COc1cc2[c]ccnc2cc1OCCCN1CCOCC1. The van der Waals surface area contributed by atoms with Gasteiger partial charge in [0.2, 0.25) is 0 Å². The molecule has 5 nitrogen and oxygen atoms in total. The Morgan fingerprint density at radius 1 is 1.27 bits per heavy atom. The fraction of sp³-hybridized carbons (Fsp3) is 0.471. The van der Waals surface area contributed by atoms with Crippen molar-refractivity contribution in [1.82, 2.24) is 9.88 Å². The lowest BCUT2D eigenvalue weighted by molar-refractivity contribution is 0.0357. The summed E-state index contributed by atoms with van der Waals surface area (Å²) < 4.78 is 16.6. The summed E-state index contributed by atoms with van der Waals surface area (Å²) in [4.78, 5) is 6.73. The van der Waals surface area contributed by atoms with E-state index in [1.807, 2.05) is 12.1 Å². The van der Waals surface area contributed by atoms with E-state index in [2.05, 4.69) is 16.0 Å². The van der Waals surface area contributed by atoms with Crippen LogP contribution in [0.15, 0.2) is 24.4 Å². The molecule has 1 saturated heterocycles. The molecule has 22 heavy (non-hydrogen) atoms. The van der Waals surface area contributed by atoms with Crippen LogP contribution in [0.4, 0.5) is 0 Å². The second-order valence-corrected chi connectivity index (χ2v) is 5.27. The highest BCUT2D eigenvalue weighted by Gasteiger charge is 2.11. The third-order valence-electron chi connectivity index (χ3n) is 3.79. The highest BCUT2D eigenvalue weighted by molar-refractivity contribution is 5.81. The summed E-state index contributed by atoms with van der Waals surface area (Å²) in [7, 11) is 1.65. The van der Waals surface area contributed by atoms with Crippen LogP contribution in [0.3, 0.4) is 0 Å². The van der Waals surface area contributed by atoms with Crippen LogP contribution in [0.25, 0.3) is 10.9 Å². The molecule has 3 rings (SSSR count). The van der Waals surface area contributed by atoms with E-state index < -0.39 is 0 Å². The molecule has 0 amide bonds. The molecule has 1 aromatic heterocycles. The highest BCUT2D eigenvalue weighted by Crippen LogP contribution is 2.31. The van der Waals surface area contributed by atoms with E-state index in [9.17, 15) is 0 Å². The van der Waals surface area contributed by atoms with Gasteiger partial charge in [0.1, 0.15) is 0 Å². The summed E-state index contributed by atoms with van der Waals surface area (Å²) in [5.74, 6) is 1.47. The van der Waals surface area contributed by atoms with Crippen LogP contribution in [0.5, 0.6) is 11.5 Å². The van der Waals surface area contributed by atoms with Crippen LogP contribution in [0.1, 0.15) is 6.42 Å². The Morgan fingerprint density at radius 2 is 2.14 bits per heavy atom. The van der Waals surface area contributed by atoms with Crippen molar-refractivity contribution in [1.29, 1.82) is 0 Å². The number of methoxy groups -OCH3 is 1. The fourth-order valence-corrected chi connectivity index (χ4v) is 2.58. The van der Waals surface area contributed by atoms with Crippen molar-refractivity contribution in [3.05, 3.63) is 30.5 Å². The Bertz CT molecular complexity index is 612. The number of nitrogens with zero attached hydrogens (tertiary/aromatic N) is 2. The number of pyridine rings is 1. The molecule has 2 heterocycles. The van der Waals surface area contributed by atoms with Crippen molar-refractivity contribution in [2.24, 2.45) is 0 Å². The predicted octanol–water partition coefficient (Wildman–Crippen LogP) is 2.14. The lowest BCUT2D eigenvalue weighted by Crippen LogP contribution is -2.37. The molecule has 1 aromatic carbocycles. The third kappa shape index (κ3) is 3.67. The van der Waals surface area contributed by atoms with Gasteiger partial charge in [-0.15, -0.1) is 0 Å². The van der Waals surface area contributed by atoms with Crippen LogP contribution in [-0.4, -0.2) is 56.4 Å².